The third-order valence-electron chi connectivity index (χ3n) is 1.02. The van der Waals surface area contributed by atoms with Crippen LogP contribution in [0.15, 0.2) is 0 Å². The fraction of sp³-hybridized carbons (Fsp3) is 0.667. The van der Waals surface area contributed by atoms with E-state index in [1.54, 1.807) is 0 Å². The van der Waals surface area contributed by atoms with E-state index in [1.165, 1.54) is 0 Å². The third-order valence-corrected chi connectivity index (χ3v) is 1.02. The van der Waals surface area contributed by atoms with E-state index in [0.717, 1.165) is 20.8 Å². The summed E-state index contributed by atoms with van der Waals surface area (Å²) < 4.78 is 0. The molecule has 11 heteroatoms. The standard InChI is InChI=1S/3C3H6O3.K.Zn/c3*1-2(4)3(5)6;;/h3*2,4H,1H3,(H,5,6);;/q;;;+1;+2/p-3. The summed E-state index contributed by atoms with van der Waals surface area (Å²) >= 11 is 0. The maximum Gasteiger partial charge on any atom is 2.00 e. The minimum Gasteiger partial charge on any atom is -0.547 e. The number of carbonyl (C=O) groups is 3. The second-order valence-corrected chi connectivity index (χ2v) is 2.99. The normalized spacial score (nSPS) is 12.3. The Hall–Kier alpha value is 0.550. The molecule has 0 heterocycles. The first-order valence-electron chi connectivity index (χ1n) is 4.60. The molecule has 0 radical (unpaired) electrons. The van der Waals surface area contributed by atoms with E-state index in [4.69, 9.17) is 15.3 Å². The average Bonchev–Trinajstić information content (AvgIpc) is 2.18. The van der Waals surface area contributed by atoms with Crippen LogP contribution in [-0.4, -0.2) is 51.5 Å². The minimum atomic E-state index is -1.44. The van der Waals surface area contributed by atoms with Crippen LogP contribution in [0.5, 0.6) is 0 Å². The van der Waals surface area contributed by atoms with Crippen molar-refractivity contribution >= 4 is 17.9 Å². The molecule has 0 aliphatic rings. The summed E-state index contributed by atoms with van der Waals surface area (Å²) in [6.45, 7) is 3.40. The molecule has 0 saturated heterocycles. The van der Waals surface area contributed by atoms with Crippen LogP contribution in [0, 0.1) is 0 Å². The number of hydrogen-bond donors (Lipinski definition) is 3. The predicted octanol–water partition coefficient (Wildman–Crippen LogP) is -8.65. The van der Waals surface area contributed by atoms with E-state index < -0.39 is 36.2 Å². The largest absolute Gasteiger partial charge is 2.00 e. The number of carboxylic acid groups (broad SMARTS) is 3. The van der Waals surface area contributed by atoms with E-state index in [2.05, 4.69) is 0 Å². The van der Waals surface area contributed by atoms with Gasteiger partial charge in [0.25, 0.3) is 0 Å². The third kappa shape index (κ3) is 36.3. The Labute approximate surface area is 171 Å². The predicted molar refractivity (Wildman–Crippen MR) is 50.1 cm³/mol. The second-order valence-electron chi connectivity index (χ2n) is 2.99. The van der Waals surface area contributed by atoms with Crippen molar-refractivity contribution in [1.82, 2.24) is 0 Å². The van der Waals surface area contributed by atoms with Crippen LogP contribution in [0.1, 0.15) is 20.8 Å². The van der Waals surface area contributed by atoms with Crippen LogP contribution >= 0.6 is 0 Å². The van der Waals surface area contributed by atoms with Crippen LogP contribution in [0.3, 0.4) is 0 Å². The number of aliphatic hydroxyl groups excluding tert-OH is 3. The topological polar surface area (TPSA) is 181 Å². The average molecular weight is 372 g/mol. The van der Waals surface area contributed by atoms with Gasteiger partial charge in [-0.15, -0.1) is 0 Å². The van der Waals surface area contributed by atoms with Crippen molar-refractivity contribution in [3.8, 4) is 0 Å². The molecule has 0 aromatic heterocycles. The summed E-state index contributed by atoms with van der Waals surface area (Å²) in [4.78, 5) is 28.0. The monoisotopic (exact) mass is 370 g/mol. The Morgan fingerprint density at radius 3 is 0.750 bits per heavy atom. The molecule has 0 bridgehead atoms. The molecule has 108 valence electrons. The Morgan fingerprint density at radius 1 is 0.700 bits per heavy atom. The molecule has 0 fully saturated rings. The van der Waals surface area contributed by atoms with Gasteiger partial charge in [0, 0.05) is 0 Å². The summed E-state index contributed by atoms with van der Waals surface area (Å²) in [5, 5.41) is 51.9. The van der Waals surface area contributed by atoms with Crippen LogP contribution < -0.4 is 66.7 Å². The molecule has 0 rings (SSSR count). The maximum atomic E-state index is 9.34. The molecule has 0 aromatic rings. The van der Waals surface area contributed by atoms with Crippen LogP contribution in [0.4, 0.5) is 0 Å². The van der Waals surface area contributed by atoms with Crippen LogP contribution in [0.25, 0.3) is 0 Å². The van der Waals surface area contributed by atoms with Gasteiger partial charge >= 0.3 is 70.9 Å². The molecule has 0 amide bonds. The molecule has 3 N–H and O–H groups in total. The first-order chi connectivity index (χ1) is 7.93. The smallest absolute Gasteiger partial charge is 0.547 e. The van der Waals surface area contributed by atoms with Gasteiger partial charge in [-0.1, -0.05) is 0 Å². The molecule has 9 nitrogen and oxygen atoms in total. The molecular formula is C9H15KO9Zn. The van der Waals surface area contributed by atoms with Gasteiger partial charge in [-0.2, -0.15) is 0 Å². The molecule has 3 unspecified atom stereocenters. The van der Waals surface area contributed by atoms with E-state index in [9.17, 15) is 29.7 Å². The first-order valence-corrected chi connectivity index (χ1v) is 4.60. The number of hydrogen-bond acceptors (Lipinski definition) is 9. The van der Waals surface area contributed by atoms with Gasteiger partial charge in [-0.3, -0.25) is 0 Å². The number of carboxylic acids is 3. The van der Waals surface area contributed by atoms with Crippen LogP contribution in [0.2, 0.25) is 0 Å². The van der Waals surface area contributed by atoms with Crippen molar-refractivity contribution < 1.29 is 116 Å². The summed E-state index contributed by atoms with van der Waals surface area (Å²) in [6, 6.07) is 0. The molecule has 20 heavy (non-hydrogen) atoms. The maximum absolute atomic E-state index is 9.34. The summed E-state index contributed by atoms with van der Waals surface area (Å²) in [6.07, 6.45) is -4.03. The Balaban J connectivity index is -0.0000000536. The Kier molecular flexibility index (Phi) is 31.8. The molecule has 0 aliphatic heterocycles. The fourth-order valence-corrected chi connectivity index (χ4v) is 0. The van der Waals surface area contributed by atoms with Crippen molar-refractivity contribution in [1.29, 1.82) is 0 Å². The van der Waals surface area contributed by atoms with E-state index in [-0.39, 0.29) is 70.9 Å². The van der Waals surface area contributed by atoms with E-state index in [1.807, 2.05) is 0 Å². The van der Waals surface area contributed by atoms with Gasteiger partial charge in [0.05, 0.1) is 36.2 Å². The Bertz CT molecular complexity index is 225. The van der Waals surface area contributed by atoms with Gasteiger partial charge in [-0.25, -0.2) is 0 Å². The van der Waals surface area contributed by atoms with E-state index >= 15 is 0 Å². The van der Waals surface area contributed by atoms with Gasteiger partial charge in [0.1, 0.15) is 0 Å². The van der Waals surface area contributed by atoms with Gasteiger partial charge < -0.3 is 45.0 Å². The zero-order valence-corrected chi connectivity index (χ0v) is 17.8. The van der Waals surface area contributed by atoms with Crippen molar-refractivity contribution in [3.05, 3.63) is 0 Å². The van der Waals surface area contributed by atoms with Gasteiger partial charge in [-0.05, 0) is 20.8 Å². The molecule has 0 spiro atoms. The fourth-order valence-electron chi connectivity index (χ4n) is 0. The molecule has 0 aromatic carbocycles. The van der Waals surface area contributed by atoms with Crippen molar-refractivity contribution in [3.63, 3.8) is 0 Å². The van der Waals surface area contributed by atoms with Crippen molar-refractivity contribution in [2.24, 2.45) is 0 Å². The molecule has 3 atom stereocenters. The van der Waals surface area contributed by atoms with E-state index in [0.29, 0.717) is 0 Å². The molecular weight excluding hydrogens is 357 g/mol. The zero-order chi connectivity index (χ0) is 15.5. The Morgan fingerprint density at radius 2 is 0.750 bits per heavy atom. The molecule has 0 saturated carbocycles. The summed E-state index contributed by atoms with van der Waals surface area (Å²) in [5.41, 5.74) is 0. The number of carbonyl (C=O) groups excluding carboxylic acids is 3. The summed E-state index contributed by atoms with van der Waals surface area (Å²) in [7, 11) is 0. The van der Waals surface area contributed by atoms with Crippen molar-refractivity contribution in [2.45, 2.75) is 39.1 Å². The summed E-state index contributed by atoms with van der Waals surface area (Å²) in [5.74, 6) is -4.31. The zero-order valence-electron chi connectivity index (χ0n) is 11.7. The van der Waals surface area contributed by atoms with Gasteiger partial charge in [0.15, 0.2) is 0 Å². The number of rotatable bonds is 3. The number of aliphatic carboxylic acids is 3. The number of aliphatic hydroxyl groups is 3. The van der Waals surface area contributed by atoms with Crippen LogP contribution in [-0.2, 0) is 33.9 Å². The van der Waals surface area contributed by atoms with Crippen molar-refractivity contribution in [2.75, 3.05) is 0 Å². The van der Waals surface area contributed by atoms with Gasteiger partial charge in [0.2, 0.25) is 0 Å². The second kappa shape index (κ2) is 19.5. The quantitative estimate of drug-likeness (QED) is 0.405. The SMILES string of the molecule is CC(O)C(=O)[O-].CC(O)C(=O)[O-].CC(O)C(=O)[O-].[K+].[Zn+2]. The molecule has 0 aliphatic carbocycles. The first kappa shape index (κ1) is 32.5. The minimum absolute atomic E-state index is 0.